The first-order valence-corrected chi connectivity index (χ1v) is 9.09. The Morgan fingerprint density at radius 2 is 2.00 bits per heavy atom. The average molecular weight is 343 g/mol. The monoisotopic (exact) mass is 342 g/mol. The van der Waals surface area contributed by atoms with Crippen LogP contribution < -0.4 is 0 Å². The molecule has 25 heavy (non-hydrogen) atoms. The molecule has 0 aromatic heterocycles. The zero-order valence-electron chi connectivity index (χ0n) is 16.3. The summed E-state index contributed by atoms with van der Waals surface area (Å²) in [6.45, 7) is 10.6. The topological polar surface area (TPSA) is 6.48 Å². The minimum absolute atomic E-state index is 0.222. The molecule has 136 valence electrons. The number of hydrogen-bond donors (Lipinski definition) is 0. The van der Waals surface area contributed by atoms with E-state index < -0.39 is 0 Å². The van der Waals surface area contributed by atoms with E-state index in [0.717, 1.165) is 31.6 Å². The highest BCUT2D eigenvalue weighted by Gasteiger charge is 2.17. The van der Waals surface area contributed by atoms with Gasteiger partial charge in [-0.3, -0.25) is 9.80 Å². The number of halogens is 1. The molecule has 0 amide bonds. The van der Waals surface area contributed by atoms with Crippen LogP contribution in [0.25, 0.3) is 5.57 Å². The molecule has 0 N–H and O–H groups in total. The van der Waals surface area contributed by atoms with Crippen LogP contribution in [0.3, 0.4) is 0 Å². The van der Waals surface area contributed by atoms with Crippen molar-refractivity contribution in [2.24, 2.45) is 5.41 Å². The SMILES string of the molecule is CN(C)CC#Cc1ccc(C2=CCN(CCC(C)(C)C)CC2)cc1F. The number of hydrogen-bond acceptors (Lipinski definition) is 2. The van der Waals surface area contributed by atoms with Gasteiger partial charge in [0.15, 0.2) is 0 Å². The zero-order chi connectivity index (χ0) is 18.4. The van der Waals surface area contributed by atoms with Gasteiger partial charge in [0.05, 0.1) is 12.1 Å². The lowest BCUT2D eigenvalue weighted by molar-refractivity contribution is 0.245. The molecule has 3 heteroatoms. The summed E-state index contributed by atoms with van der Waals surface area (Å²) in [5, 5.41) is 0. The van der Waals surface area contributed by atoms with E-state index in [1.54, 1.807) is 12.1 Å². The Kier molecular flexibility index (Phi) is 6.81. The van der Waals surface area contributed by atoms with Crippen LogP contribution in [0.4, 0.5) is 4.39 Å². The molecule has 1 aliphatic heterocycles. The molecule has 0 saturated heterocycles. The van der Waals surface area contributed by atoms with E-state index in [2.05, 4.69) is 43.6 Å². The molecule has 2 nitrogen and oxygen atoms in total. The molecule has 0 unspecified atom stereocenters. The van der Waals surface area contributed by atoms with Gasteiger partial charge in [0.2, 0.25) is 0 Å². The molecule has 0 radical (unpaired) electrons. The molecule has 0 bridgehead atoms. The van der Waals surface area contributed by atoms with Crippen LogP contribution in [-0.4, -0.2) is 50.1 Å². The second-order valence-electron chi connectivity index (χ2n) is 8.32. The van der Waals surface area contributed by atoms with Crippen molar-refractivity contribution in [2.45, 2.75) is 33.6 Å². The van der Waals surface area contributed by atoms with E-state index in [1.165, 1.54) is 12.0 Å². The third kappa shape index (κ3) is 6.65. The van der Waals surface area contributed by atoms with Gasteiger partial charge >= 0.3 is 0 Å². The minimum Gasteiger partial charge on any atom is -0.299 e. The molecule has 1 heterocycles. The van der Waals surface area contributed by atoms with Gasteiger partial charge in [-0.05, 0) is 62.2 Å². The third-order valence-corrected chi connectivity index (χ3v) is 4.43. The summed E-state index contributed by atoms with van der Waals surface area (Å²) in [7, 11) is 3.91. The fraction of sp³-hybridized carbons (Fsp3) is 0.545. The molecule has 0 atom stereocenters. The first-order valence-electron chi connectivity index (χ1n) is 9.09. The van der Waals surface area contributed by atoms with Gasteiger partial charge in [-0.2, -0.15) is 0 Å². The van der Waals surface area contributed by atoms with Gasteiger partial charge in [-0.1, -0.05) is 44.8 Å². The highest BCUT2D eigenvalue weighted by atomic mass is 19.1. The number of benzene rings is 1. The van der Waals surface area contributed by atoms with Crippen LogP contribution in [0.2, 0.25) is 0 Å². The Morgan fingerprint density at radius 1 is 1.24 bits per heavy atom. The quantitative estimate of drug-likeness (QED) is 0.754. The Morgan fingerprint density at radius 3 is 2.56 bits per heavy atom. The van der Waals surface area contributed by atoms with Gasteiger partial charge in [0, 0.05) is 13.1 Å². The summed E-state index contributed by atoms with van der Waals surface area (Å²) in [5.74, 6) is 5.68. The van der Waals surface area contributed by atoms with Crippen molar-refractivity contribution in [1.29, 1.82) is 0 Å². The van der Waals surface area contributed by atoms with Crippen molar-refractivity contribution in [3.8, 4) is 11.8 Å². The molecule has 2 rings (SSSR count). The smallest absolute Gasteiger partial charge is 0.139 e. The molecular formula is C22H31FN2. The van der Waals surface area contributed by atoms with E-state index in [9.17, 15) is 4.39 Å². The largest absolute Gasteiger partial charge is 0.299 e. The predicted octanol–water partition coefficient (Wildman–Crippen LogP) is 4.26. The molecule has 0 fully saturated rings. The standard InChI is InChI=1S/C22H31FN2/c1-22(2,3)12-16-25-14-10-18(11-15-25)20-9-8-19(21(23)17-20)7-6-13-24(4)5/h8-10,17H,11-16H2,1-5H3. The Balaban J connectivity index is 1.99. The molecule has 0 aliphatic carbocycles. The van der Waals surface area contributed by atoms with Crippen molar-refractivity contribution in [3.05, 3.63) is 41.2 Å². The number of nitrogens with zero attached hydrogens (tertiary/aromatic N) is 2. The Bertz CT molecular complexity index is 671. The van der Waals surface area contributed by atoms with Crippen molar-refractivity contribution < 1.29 is 4.39 Å². The highest BCUT2D eigenvalue weighted by molar-refractivity contribution is 5.67. The van der Waals surface area contributed by atoms with Crippen LogP contribution in [-0.2, 0) is 0 Å². The van der Waals surface area contributed by atoms with Crippen LogP contribution in [0.5, 0.6) is 0 Å². The molecular weight excluding hydrogens is 311 g/mol. The summed E-state index contributed by atoms with van der Waals surface area (Å²) < 4.78 is 14.3. The maximum absolute atomic E-state index is 14.3. The molecule has 1 aromatic rings. The van der Waals surface area contributed by atoms with Crippen LogP contribution in [0.1, 0.15) is 44.7 Å². The van der Waals surface area contributed by atoms with Crippen LogP contribution in [0.15, 0.2) is 24.3 Å². The first-order chi connectivity index (χ1) is 11.7. The van der Waals surface area contributed by atoms with Gasteiger partial charge in [-0.15, -0.1) is 0 Å². The van der Waals surface area contributed by atoms with Crippen molar-refractivity contribution in [2.75, 3.05) is 40.3 Å². The van der Waals surface area contributed by atoms with E-state index in [0.29, 0.717) is 17.5 Å². The summed E-state index contributed by atoms with van der Waals surface area (Å²) in [6.07, 6.45) is 4.43. The second kappa shape index (κ2) is 8.65. The first kappa shape index (κ1) is 19.7. The van der Waals surface area contributed by atoms with E-state index in [4.69, 9.17) is 0 Å². The van der Waals surface area contributed by atoms with Crippen molar-refractivity contribution in [1.82, 2.24) is 9.80 Å². The Hall–Kier alpha value is -1.63. The third-order valence-electron chi connectivity index (χ3n) is 4.43. The summed E-state index contributed by atoms with van der Waals surface area (Å²) >= 11 is 0. The van der Waals surface area contributed by atoms with Gasteiger partial charge in [0.1, 0.15) is 5.82 Å². The molecule has 1 aliphatic rings. The lowest BCUT2D eigenvalue weighted by Crippen LogP contribution is -2.31. The predicted molar refractivity (Wildman–Crippen MR) is 105 cm³/mol. The summed E-state index contributed by atoms with van der Waals surface area (Å²) in [4.78, 5) is 4.45. The highest BCUT2D eigenvalue weighted by Crippen LogP contribution is 2.25. The molecule has 1 aromatic carbocycles. The maximum atomic E-state index is 14.3. The van der Waals surface area contributed by atoms with Gasteiger partial charge in [0.25, 0.3) is 0 Å². The van der Waals surface area contributed by atoms with E-state index >= 15 is 0 Å². The van der Waals surface area contributed by atoms with E-state index in [1.807, 2.05) is 25.1 Å². The Labute approximate surface area is 152 Å². The van der Waals surface area contributed by atoms with Crippen molar-refractivity contribution >= 4 is 5.57 Å². The van der Waals surface area contributed by atoms with Crippen LogP contribution in [0, 0.1) is 23.1 Å². The fourth-order valence-corrected chi connectivity index (χ4v) is 2.78. The normalized spacial score (nSPS) is 15.7. The van der Waals surface area contributed by atoms with Gasteiger partial charge < -0.3 is 0 Å². The maximum Gasteiger partial charge on any atom is 0.139 e. The van der Waals surface area contributed by atoms with Gasteiger partial charge in [-0.25, -0.2) is 4.39 Å². The average Bonchev–Trinajstić information content (AvgIpc) is 2.54. The number of rotatable bonds is 4. The second-order valence-corrected chi connectivity index (χ2v) is 8.32. The van der Waals surface area contributed by atoms with Crippen LogP contribution >= 0.6 is 0 Å². The zero-order valence-corrected chi connectivity index (χ0v) is 16.3. The summed E-state index contributed by atoms with van der Waals surface area (Å²) in [6, 6.07) is 5.44. The summed E-state index contributed by atoms with van der Waals surface area (Å²) in [5.41, 5.74) is 3.09. The molecule has 0 saturated carbocycles. The van der Waals surface area contributed by atoms with E-state index in [-0.39, 0.29) is 5.82 Å². The lowest BCUT2D eigenvalue weighted by atomic mass is 9.91. The molecule has 0 spiro atoms. The lowest BCUT2D eigenvalue weighted by Gasteiger charge is -2.29. The minimum atomic E-state index is -0.222. The van der Waals surface area contributed by atoms with Crippen molar-refractivity contribution in [3.63, 3.8) is 0 Å². The fourth-order valence-electron chi connectivity index (χ4n) is 2.78.